The Kier molecular flexibility index (Phi) is 9.14. The highest BCUT2D eigenvalue weighted by atomic mass is 127. The summed E-state index contributed by atoms with van der Waals surface area (Å²) in [6, 6.07) is 0.0675. The molecule has 1 rings (SSSR count). The number of likely N-dealkylation sites (tertiary alicyclic amines) is 1. The van der Waals surface area contributed by atoms with E-state index >= 15 is 0 Å². The first-order valence-corrected chi connectivity index (χ1v) is 10.1. The van der Waals surface area contributed by atoms with Crippen molar-refractivity contribution in [1.29, 1.82) is 0 Å². The van der Waals surface area contributed by atoms with Gasteiger partial charge >= 0.3 is 6.09 Å². The molecule has 0 unspecified atom stereocenters. The van der Waals surface area contributed by atoms with Crippen LogP contribution in [0.15, 0.2) is 4.99 Å². The maximum Gasteiger partial charge on any atom is 0.410 e. The fourth-order valence-corrected chi connectivity index (χ4v) is 3.03. The zero-order valence-electron chi connectivity index (χ0n) is 16.7. The molecule has 0 aromatic carbocycles. The summed E-state index contributed by atoms with van der Waals surface area (Å²) < 4.78 is 28.7. The van der Waals surface area contributed by atoms with Gasteiger partial charge in [-0.3, -0.25) is 4.99 Å². The van der Waals surface area contributed by atoms with Crippen molar-refractivity contribution in [3.63, 3.8) is 0 Å². The standard InChI is InChI=1S/C16H32N4O4S.HI/c1-15(2,3)24-14(21)20-10-12(11-20)19-13(17-7)18-8-9-25(22,23)16(4,5)6;/h12H,8-11H2,1-7H3,(H2,17,18,19);1H. The molecule has 1 aliphatic rings. The number of nitrogens with zero attached hydrogens (tertiary/aromatic N) is 2. The fraction of sp³-hybridized carbons (Fsp3) is 0.875. The van der Waals surface area contributed by atoms with Crippen LogP contribution in [0.4, 0.5) is 4.79 Å². The third-order valence-electron chi connectivity index (χ3n) is 3.69. The van der Waals surface area contributed by atoms with Crippen molar-refractivity contribution in [1.82, 2.24) is 15.5 Å². The van der Waals surface area contributed by atoms with Crippen LogP contribution >= 0.6 is 24.0 Å². The molecule has 0 spiro atoms. The second kappa shape index (κ2) is 9.43. The van der Waals surface area contributed by atoms with E-state index in [0.29, 0.717) is 19.0 Å². The Labute approximate surface area is 174 Å². The molecular formula is C16H33IN4O4S. The number of hydrogen-bond acceptors (Lipinski definition) is 5. The zero-order valence-corrected chi connectivity index (χ0v) is 19.9. The average molecular weight is 504 g/mol. The molecule has 0 aliphatic carbocycles. The Balaban J connectivity index is 0.00000625. The normalized spacial score (nSPS) is 16.4. The van der Waals surface area contributed by atoms with Gasteiger partial charge in [-0.1, -0.05) is 0 Å². The third-order valence-corrected chi connectivity index (χ3v) is 6.30. The summed E-state index contributed by atoms with van der Waals surface area (Å²) in [5.74, 6) is 0.560. The smallest absolute Gasteiger partial charge is 0.410 e. The van der Waals surface area contributed by atoms with Crippen molar-refractivity contribution in [2.45, 2.75) is 57.9 Å². The summed E-state index contributed by atoms with van der Waals surface area (Å²) in [6.45, 7) is 11.9. The molecule has 1 saturated heterocycles. The number of nitrogens with one attached hydrogen (secondary N) is 2. The molecule has 154 valence electrons. The van der Waals surface area contributed by atoms with Crippen LogP contribution in [0.2, 0.25) is 0 Å². The number of hydrogen-bond donors (Lipinski definition) is 2. The van der Waals surface area contributed by atoms with Gasteiger partial charge in [-0.15, -0.1) is 24.0 Å². The highest BCUT2D eigenvalue weighted by molar-refractivity contribution is 14.0. The molecule has 0 bridgehead atoms. The summed E-state index contributed by atoms with van der Waals surface area (Å²) in [5.41, 5.74) is -0.508. The lowest BCUT2D eigenvalue weighted by Crippen LogP contribution is -2.63. The first-order valence-electron chi connectivity index (χ1n) is 8.42. The molecule has 8 nitrogen and oxygen atoms in total. The Hall–Kier alpha value is -0.780. The average Bonchev–Trinajstić information content (AvgIpc) is 2.36. The number of carbonyl (C=O) groups is 1. The van der Waals surface area contributed by atoms with Gasteiger partial charge in [0.15, 0.2) is 15.8 Å². The van der Waals surface area contributed by atoms with Crippen LogP contribution in [0, 0.1) is 0 Å². The highest BCUT2D eigenvalue weighted by Crippen LogP contribution is 2.16. The lowest BCUT2D eigenvalue weighted by Gasteiger charge is -2.40. The van der Waals surface area contributed by atoms with Crippen LogP contribution in [-0.4, -0.2) is 74.2 Å². The van der Waals surface area contributed by atoms with Gasteiger partial charge < -0.3 is 20.3 Å². The van der Waals surface area contributed by atoms with Crippen molar-refractivity contribution < 1.29 is 17.9 Å². The number of halogens is 1. The molecule has 1 heterocycles. The number of carbonyl (C=O) groups excluding carboxylic acids is 1. The number of amides is 1. The summed E-state index contributed by atoms with van der Waals surface area (Å²) in [5, 5.41) is 6.17. The Bertz CT molecular complexity index is 603. The highest BCUT2D eigenvalue weighted by Gasteiger charge is 2.34. The van der Waals surface area contributed by atoms with Gasteiger partial charge in [0.05, 0.1) is 16.5 Å². The Morgan fingerprint density at radius 3 is 2.15 bits per heavy atom. The SMILES string of the molecule is CN=C(NCCS(=O)(=O)C(C)(C)C)NC1CN(C(=O)OC(C)(C)C)C1.I. The van der Waals surface area contributed by atoms with Crippen LogP contribution in [-0.2, 0) is 14.6 Å². The molecule has 0 aromatic rings. The van der Waals surface area contributed by atoms with Gasteiger partial charge in [0, 0.05) is 26.7 Å². The number of ether oxygens (including phenoxy) is 1. The van der Waals surface area contributed by atoms with Gasteiger partial charge in [0.2, 0.25) is 0 Å². The van der Waals surface area contributed by atoms with Crippen molar-refractivity contribution >= 4 is 45.9 Å². The van der Waals surface area contributed by atoms with E-state index in [9.17, 15) is 13.2 Å². The minimum absolute atomic E-state index is 0. The predicted octanol–water partition coefficient (Wildman–Crippen LogP) is 1.60. The molecule has 0 atom stereocenters. The topological polar surface area (TPSA) is 100 Å². The molecule has 2 N–H and O–H groups in total. The number of rotatable bonds is 4. The second-order valence-corrected chi connectivity index (χ2v) is 11.0. The summed E-state index contributed by atoms with van der Waals surface area (Å²) in [4.78, 5) is 17.6. The number of aliphatic imine (C=N–C) groups is 1. The zero-order chi connectivity index (χ0) is 19.5. The largest absolute Gasteiger partial charge is 0.444 e. The molecule has 1 amide bonds. The maximum absolute atomic E-state index is 12.1. The molecule has 1 aliphatic heterocycles. The summed E-state index contributed by atoms with van der Waals surface area (Å²) in [7, 11) is -1.55. The third kappa shape index (κ3) is 7.85. The van der Waals surface area contributed by atoms with Crippen LogP contribution < -0.4 is 10.6 Å². The maximum atomic E-state index is 12.1. The van der Waals surface area contributed by atoms with Gasteiger partial charge in [-0.2, -0.15) is 0 Å². The quantitative estimate of drug-likeness (QED) is 0.343. The van der Waals surface area contributed by atoms with Gasteiger partial charge in [-0.25, -0.2) is 13.2 Å². The number of sulfone groups is 1. The first-order chi connectivity index (χ1) is 11.2. The minimum Gasteiger partial charge on any atom is -0.444 e. The first kappa shape index (κ1) is 25.2. The Morgan fingerprint density at radius 1 is 1.19 bits per heavy atom. The van der Waals surface area contributed by atoms with E-state index in [1.165, 1.54) is 0 Å². The molecule has 0 aromatic heterocycles. The van der Waals surface area contributed by atoms with Gasteiger partial charge in [0.1, 0.15) is 5.60 Å². The molecule has 10 heteroatoms. The van der Waals surface area contributed by atoms with E-state index in [0.717, 1.165) is 0 Å². The molecular weight excluding hydrogens is 471 g/mol. The van der Waals surface area contributed by atoms with Crippen LogP contribution in [0.25, 0.3) is 0 Å². The number of guanidine groups is 1. The van der Waals surface area contributed by atoms with E-state index in [1.807, 2.05) is 20.8 Å². The summed E-state index contributed by atoms with van der Waals surface area (Å²) >= 11 is 0. The molecule has 1 fully saturated rings. The van der Waals surface area contributed by atoms with E-state index in [1.54, 1.807) is 32.7 Å². The van der Waals surface area contributed by atoms with Crippen molar-refractivity contribution in [2.75, 3.05) is 32.4 Å². The van der Waals surface area contributed by atoms with E-state index in [-0.39, 0.29) is 48.4 Å². The van der Waals surface area contributed by atoms with Crippen molar-refractivity contribution in [2.24, 2.45) is 4.99 Å². The minimum atomic E-state index is -3.17. The Morgan fingerprint density at radius 2 is 1.73 bits per heavy atom. The van der Waals surface area contributed by atoms with E-state index < -0.39 is 20.2 Å². The second-order valence-electron chi connectivity index (χ2n) is 8.16. The van der Waals surface area contributed by atoms with Gasteiger partial charge in [-0.05, 0) is 41.5 Å². The molecule has 0 saturated carbocycles. The summed E-state index contributed by atoms with van der Waals surface area (Å²) in [6.07, 6.45) is -0.329. The monoisotopic (exact) mass is 504 g/mol. The predicted molar refractivity (Wildman–Crippen MR) is 115 cm³/mol. The fourth-order valence-electron chi connectivity index (χ4n) is 2.04. The lowest BCUT2D eigenvalue weighted by atomic mass is 10.1. The molecule has 26 heavy (non-hydrogen) atoms. The molecule has 0 radical (unpaired) electrons. The van der Waals surface area contributed by atoms with Crippen LogP contribution in [0.5, 0.6) is 0 Å². The van der Waals surface area contributed by atoms with Crippen LogP contribution in [0.3, 0.4) is 0 Å². The van der Waals surface area contributed by atoms with Crippen molar-refractivity contribution in [3.8, 4) is 0 Å². The van der Waals surface area contributed by atoms with E-state index in [4.69, 9.17) is 4.74 Å². The van der Waals surface area contributed by atoms with E-state index in [2.05, 4.69) is 15.6 Å². The lowest BCUT2D eigenvalue weighted by molar-refractivity contribution is 0.00701. The van der Waals surface area contributed by atoms with Gasteiger partial charge in [0.25, 0.3) is 0 Å². The van der Waals surface area contributed by atoms with Crippen molar-refractivity contribution in [3.05, 3.63) is 0 Å². The van der Waals surface area contributed by atoms with Crippen LogP contribution in [0.1, 0.15) is 41.5 Å².